The van der Waals surface area contributed by atoms with Gasteiger partial charge >= 0.3 is 0 Å². The van der Waals surface area contributed by atoms with E-state index in [0.717, 1.165) is 25.7 Å². The van der Waals surface area contributed by atoms with Crippen LogP contribution in [0.25, 0.3) is 11.0 Å². The smallest absolute Gasteiger partial charge is 0.251 e. The highest BCUT2D eigenvalue weighted by atomic mass is 32.2. The van der Waals surface area contributed by atoms with Gasteiger partial charge in [-0.05, 0) is 49.2 Å². The summed E-state index contributed by atoms with van der Waals surface area (Å²) >= 11 is 0. The number of rotatable bonds is 10. The van der Waals surface area contributed by atoms with Gasteiger partial charge in [0.2, 0.25) is 15.9 Å². The monoisotopic (exact) mass is 622 g/mol. The molecule has 232 valence electrons. The molecule has 1 N–H and O–H groups in total. The Balaban J connectivity index is 1.43. The molecule has 6 rings (SSSR count). The van der Waals surface area contributed by atoms with Crippen molar-refractivity contribution in [3.05, 3.63) is 66.6 Å². The van der Waals surface area contributed by atoms with Crippen LogP contribution in [0, 0.1) is 0 Å². The fourth-order valence-electron chi connectivity index (χ4n) is 5.79. The third kappa shape index (κ3) is 5.92. The van der Waals surface area contributed by atoms with E-state index in [1.807, 2.05) is 12.1 Å². The molecular formula is C30H34N6O7S. The van der Waals surface area contributed by atoms with Gasteiger partial charge in [0, 0.05) is 30.9 Å². The number of para-hydroxylation sites is 1. The summed E-state index contributed by atoms with van der Waals surface area (Å²) in [7, 11) is -2.56. The van der Waals surface area contributed by atoms with Gasteiger partial charge in [-0.15, -0.1) is 5.10 Å². The van der Waals surface area contributed by atoms with Gasteiger partial charge in [0.15, 0.2) is 6.04 Å². The Bertz CT molecular complexity index is 1730. The number of carbonyl (C=O) groups is 2. The summed E-state index contributed by atoms with van der Waals surface area (Å²) in [4.78, 5) is 29.5. The number of carbonyl (C=O) groups excluding carboxylic acids is 2. The van der Waals surface area contributed by atoms with Gasteiger partial charge in [0.1, 0.15) is 28.5 Å². The Morgan fingerprint density at radius 1 is 1.09 bits per heavy atom. The van der Waals surface area contributed by atoms with E-state index in [1.165, 1.54) is 45.5 Å². The first-order valence-electron chi connectivity index (χ1n) is 14.6. The molecule has 2 fully saturated rings. The third-order valence-electron chi connectivity index (χ3n) is 8.01. The highest BCUT2D eigenvalue weighted by Gasteiger charge is 2.38. The molecule has 1 aliphatic carbocycles. The van der Waals surface area contributed by atoms with Crippen LogP contribution in [0.1, 0.15) is 37.5 Å². The van der Waals surface area contributed by atoms with E-state index in [9.17, 15) is 18.0 Å². The molecule has 0 unspecified atom stereocenters. The number of sulfonamides is 1. The van der Waals surface area contributed by atoms with Gasteiger partial charge in [0.25, 0.3) is 5.91 Å². The summed E-state index contributed by atoms with van der Waals surface area (Å²) < 4.78 is 46.5. The van der Waals surface area contributed by atoms with Crippen molar-refractivity contribution in [1.82, 2.24) is 24.6 Å². The minimum absolute atomic E-state index is 0.0215. The molecule has 1 aliphatic heterocycles. The van der Waals surface area contributed by atoms with Crippen LogP contribution in [0.4, 0.5) is 5.69 Å². The Morgan fingerprint density at radius 3 is 2.59 bits per heavy atom. The van der Waals surface area contributed by atoms with Crippen molar-refractivity contribution < 1.29 is 31.9 Å². The summed E-state index contributed by atoms with van der Waals surface area (Å²) in [5.41, 5.74) is 1.52. The zero-order chi connectivity index (χ0) is 30.7. The average Bonchev–Trinajstić information content (AvgIpc) is 3.83. The number of benzene rings is 2. The van der Waals surface area contributed by atoms with E-state index in [4.69, 9.17) is 13.9 Å². The molecule has 4 aromatic rings. The topological polar surface area (TPSA) is 149 Å². The van der Waals surface area contributed by atoms with Crippen molar-refractivity contribution in [1.29, 1.82) is 0 Å². The lowest BCUT2D eigenvalue weighted by Crippen LogP contribution is -2.47. The number of amides is 2. The van der Waals surface area contributed by atoms with Gasteiger partial charge in [-0.25, -0.2) is 13.1 Å². The Hall–Kier alpha value is -4.27. The molecule has 13 nitrogen and oxygen atoms in total. The number of anilines is 1. The van der Waals surface area contributed by atoms with E-state index in [-0.39, 0.29) is 47.8 Å². The molecule has 1 saturated heterocycles. The lowest BCUT2D eigenvalue weighted by atomic mass is 10.1. The lowest BCUT2D eigenvalue weighted by Gasteiger charge is -2.31. The van der Waals surface area contributed by atoms with Crippen LogP contribution in [0.2, 0.25) is 0 Å². The van der Waals surface area contributed by atoms with Crippen LogP contribution in [0.15, 0.2) is 70.2 Å². The summed E-state index contributed by atoms with van der Waals surface area (Å²) in [6, 6.07) is 13.7. The quantitative estimate of drug-likeness (QED) is 0.282. The van der Waals surface area contributed by atoms with Crippen molar-refractivity contribution >= 4 is 38.6 Å². The fraction of sp³-hybridized carbons (Fsp3) is 0.400. The van der Waals surface area contributed by atoms with Gasteiger partial charge < -0.3 is 19.2 Å². The fourth-order valence-corrected chi connectivity index (χ4v) is 7.34. The van der Waals surface area contributed by atoms with Crippen LogP contribution in [0.3, 0.4) is 0 Å². The average molecular weight is 623 g/mol. The van der Waals surface area contributed by atoms with E-state index in [1.54, 1.807) is 24.3 Å². The minimum atomic E-state index is -3.92. The number of morpholine rings is 1. The molecule has 2 aromatic heterocycles. The molecule has 14 heteroatoms. The van der Waals surface area contributed by atoms with E-state index in [2.05, 4.69) is 15.6 Å². The van der Waals surface area contributed by atoms with Crippen molar-refractivity contribution in [3.8, 4) is 5.75 Å². The zero-order valence-corrected chi connectivity index (χ0v) is 25.1. The minimum Gasteiger partial charge on any atom is -0.495 e. The summed E-state index contributed by atoms with van der Waals surface area (Å²) in [5, 5.41) is 11.4. The number of methoxy groups -OCH3 is 1. The van der Waals surface area contributed by atoms with Gasteiger partial charge in [-0.3, -0.25) is 14.5 Å². The molecule has 2 amide bonds. The maximum absolute atomic E-state index is 14.3. The third-order valence-corrected chi connectivity index (χ3v) is 9.95. The van der Waals surface area contributed by atoms with Crippen LogP contribution < -0.4 is 15.0 Å². The van der Waals surface area contributed by atoms with Crippen LogP contribution in [0.5, 0.6) is 5.75 Å². The predicted octanol–water partition coefficient (Wildman–Crippen LogP) is 2.89. The summed E-state index contributed by atoms with van der Waals surface area (Å²) in [5.74, 6) is -0.615. The molecule has 0 radical (unpaired) electrons. The van der Waals surface area contributed by atoms with Crippen LogP contribution in [-0.4, -0.2) is 79.0 Å². The molecule has 0 bridgehead atoms. The zero-order valence-electron chi connectivity index (χ0n) is 24.3. The molecule has 44 heavy (non-hydrogen) atoms. The highest BCUT2D eigenvalue weighted by Crippen LogP contribution is 2.36. The first-order valence-corrected chi connectivity index (χ1v) is 16.0. The van der Waals surface area contributed by atoms with Crippen LogP contribution >= 0.6 is 0 Å². The first-order chi connectivity index (χ1) is 21.4. The number of hydrogen-bond acceptors (Lipinski definition) is 9. The number of hydrogen-bond donors (Lipinski definition) is 1. The molecule has 3 heterocycles. The Kier molecular flexibility index (Phi) is 8.64. The second-order valence-electron chi connectivity index (χ2n) is 10.8. The maximum Gasteiger partial charge on any atom is 0.251 e. The predicted molar refractivity (Wildman–Crippen MR) is 159 cm³/mol. The molecule has 1 saturated carbocycles. The molecule has 0 spiro atoms. The molecular weight excluding hydrogens is 588 g/mol. The van der Waals surface area contributed by atoms with Gasteiger partial charge in [0.05, 0.1) is 32.1 Å². The van der Waals surface area contributed by atoms with E-state index in [0.29, 0.717) is 24.2 Å². The molecule has 2 aliphatic rings. The van der Waals surface area contributed by atoms with E-state index < -0.39 is 27.9 Å². The largest absolute Gasteiger partial charge is 0.495 e. The first kappa shape index (κ1) is 29.8. The molecule has 1 atom stereocenters. The normalized spacial score (nSPS) is 17.0. The second kappa shape index (κ2) is 12.8. The SMILES string of the molecule is COc1cc(N(C(=O)Cn2nnc3ccccc32)[C@H](C(=O)NC2CCCC2)c2ccco2)ccc1S(=O)(=O)N1CCOCC1. The standard InChI is InChI=1S/C30H34N6O7S/c1-41-26-19-22(12-13-27(26)44(39,40)34-14-17-42-18-15-34)36(28(37)20-35-24-10-5-4-9-23(24)32-33-35)29(25-11-6-16-43-25)30(38)31-21-7-2-3-8-21/h4-6,9-13,16,19,21,29H,2-3,7-8,14-15,17-18,20H2,1H3,(H,31,38)/t29-/m0/s1. The highest BCUT2D eigenvalue weighted by molar-refractivity contribution is 7.89. The van der Waals surface area contributed by atoms with Crippen molar-refractivity contribution in [3.63, 3.8) is 0 Å². The summed E-state index contributed by atoms with van der Waals surface area (Å²) in [6.45, 7) is 0.765. The van der Waals surface area contributed by atoms with Crippen molar-refractivity contribution in [2.45, 2.75) is 49.2 Å². The van der Waals surface area contributed by atoms with E-state index >= 15 is 0 Å². The lowest BCUT2D eigenvalue weighted by molar-refractivity contribution is -0.127. The molecule has 2 aromatic carbocycles. The number of nitrogens with zero attached hydrogens (tertiary/aromatic N) is 5. The number of ether oxygens (including phenoxy) is 2. The maximum atomic E-state index is 14.3. The van der Waals surface area contributed by atoms with Gasteiger partial charge in [-0.2, -0.15) is 4.31 Å². The number of aromatic nitrogens is 3. The number of furan rings is 1. The Labute approximate surface area is 254 Å². The van der Waals surface area contributed by atoms with Crippen LogP contribution in [-0.2, 0) is 30.9 Å². The van der Waals surface area contributed by atoms with Crippen molar-refractivity contribution in [2.24, 2.45) is 0 Å². The second-order valence-corrected chi connectivity index (χ2v) is 12.7. The number of nitrogens with one attached hydrogen (secondary N) is 1. The van der Waals surface area contributed by atoms with Crippen molar-refractivity contribution in [2.75, 3.05) is 38.3 Å². The number of fused-ring (bicyclic) bond motifs is 1. The van der Waals surface area contributed by atoms with Gasteiger partial charge in [-0.1, -0.05) is 30.2 Å². The Morgan fingerprint density at radius 2 is 1.86 bits per heavy atom. The summed E-state index contributed by atoms with van der Waals surface area (Å²) in [6.07, 6.45) is 5.15.